The molecule has 0 fully saturated rings. The fourth-order valence-electron chi connectivity index (χ4n) is 2.10. The van der Waals surface area contributed by atoms with Gasteiger partial charge in [-0.2, -0.15) is 0 Å². The zero-order valence-electron chi connectivity index (χ0n) is 9.91. The van der Waals surface area contributed by atoms with Crippen molar-refractivity contribution in [1.82, 2.24) is 0 Å². The van der Waals surface area contributed by atoms with E-state index in [9.17, 15) is 0 Å². The van der Waals surface area contributed by atoms with Crippen molar-refractivity contribution in [3.63, 3.8) is 0 Å². The number of hydrogen-bond acceptors (Lipinski definition) is 2. The normalized spacial score (nSPS) is 11.0. The molecule has 0 aliphatic rings. The molecule has 0 unspecified atom stereocenters. The fraction of sp³-hybridized carbons (Fsp3) is 0.0667. The molecule has 0 aliphatic carbocycles. The molecule has 3 heteroatoms. The molecule has 2 nitrogen and oxygen atoms in total. The molecule has 0 atom stereocenters. The SMILES string of the molecule is Cc1cccc2cc(-c3ccc(Cl)cc3N)oc12. The number of benzene rings is 2. The van der Waals surface area contributed by atoms with Crippen LogP contribution in [0.15, 0.2) is 46.9 Å². The molecule has 0 spiro atoms. The summed E-state index contributed by atoms with van der Waals surface area (Å²) in [6.45, 7) is 2.03. The average molecular weight is 258 g/mol. The van der Waals surface area contributed by atoms with Crippen molar-refractivity contribution in [2.75, 3.05) is 5.73 Å². The Balaban J connectivity index is 2.23. The molecule has 3 aromatic rings. The van der Waals surface area contributed by atoms with E-state index in [2.05, 4.69) is 0 Å². The zero-order valence-corrected chi connectivity index (χ0v) is 10.7. The largest absolute Gasteiger partial charge is 0.456 e. The highest BCUT2D eigenvalue weighted by Gasteiger charge is 2.10. The Morgan fingerprint density at radius 2 is 1.94 bits per heavy atom. The molecule has 0 saturated heterocycles. The average Bonchev–Trinajstić information content (AvgIpc) is 2.74. The van der Waals surface area contributed by atoms with Crippen LogP contribution < -0.4 is 5.73 Å². The number of rotatable bonds is 1. The molecule has 0 bridgehead atoms. The summed E-state index contributed by atoms with van der Waals surface area (Å²) in [5.41, 5.74) is 9.48. The van der Waals surface area contributed by atoms with Crippen molar-refractivity contribution in [2.24, 2.45) is 0 Å². The Bertz CT molecular complexity index is 730. The summed E-state index contributed by atoms with van der Waals surface area (Å²) in [4.78, 5) is 0. The van der Waals surface area contributed by atoms with E-state index in [-0.39, 0.29) is 0 Å². The van der Waals surface area contributed by atoms with E-state index in [1.54, 1.807) is 6.07 Å². The Morgan fingerprint density at radius 3 is 2.67 bits per heavy atom. The number of hydrogen-bond donors (Lipinski definition) is 1. The van der Waals surface area contributed by atoms with Crippen LogP contribution in [-0.4, -0.2) is 0 Å². The number of halogens is 1. The monoisotopic (exact) mass is 257 g/mol. The first-order valence-electron chi connectivity index (χ1n) is 5.70. The van der Waals surface area contributed by atoms with E-state index in [4.69, 9.17) is 21.8 Å². The first-order chi connectivity index (χ1) is 8.65. The van der Waals surface area contributed by atoms with Gasteiger partial charge in [0.2, 0.25) is 0 Å². The lowest BCUT2D eigenvalue weighted by atomic mass is 10.1. The summed E-state index contributed by atoms with van der Waals surface area (Å²) in [6, 6.07) is 13.5. The summed E-state index contributed by atoms with van der Waals surface area (Å²) in [6.07, 6.45) is 0. The third-order valence-electron chi connectivity index (χ3n) is 3.02. The summed E-state index contributed by atoms with van der Waals surface area (Å²) in [7, 11) is 0. The molecule has 0 aliphatic heterocycles. The van der Waals surface area contributed by atoms with E-state index in [1.807, 2.05) is 43.3 Å². The lowest BCUT2D eigenvalue weighted by Crippen LogP contribution is -1.88. The first-order valence-corrected chi connectivity index (χ1v) is 6.07. The van der Waals surface area contributed by atoms with Gasteiger partial charge in [-0.1, -0.05) is 29.8 Å². The van der Waals surface area contributed by atoms with E-state index in [0.717, 1.165) is 27.9 Å². The van der Waals surface area contributed by atoms with Crippen molar-refractivity contribution in [3.05, 3.63) is 53.1 Å². The van der Waals surface area contributed by atoms with Crippen LogP contribution in [0.3, 0.4) is 0 Å². The lowest BCUT2D eigenvalue weighted by Gasteiger charge is -2.02. The molecule has 2 N–H and O–H groups in total. The van der Waals surface area contributed by atoms with Gasteiger partial charge in [0.25, 0.3) is 0 Å². The molecule has 1 heterocycles. The highest BCUT2D eigenvalue weighted by molar-refractivity contribution is 6.31. The maximum atomic E-state index is 5.97. The Labute approximate surface area is 110 Å². The van der Waals surface area contributed by atoms with Crippen LogP contribution in [0.5, 0.6) is 0 Å². The molecule has 0 saturated carbocycles. The van der Waals surface area contributed by atoms with Gasteiger partial charge in [-0.25, -0.2) is 0 Å². The van der Waals surface area contributed by atoms with Crippen molar-refractivity contribution in [1.29, 1.82) is 0 Å². The lowest BCUT2D eigenvalue weighted by molar-refractivity contribution is 0.629. The minimum Gasteiger partial charge on any atom is -0.456 e. The predicted octanol–water partition coefficient (Wildman–Crippen LogP) is 4.64. The van der Waals surface area contributed by atoms with Crippen LogP contribution in [0.25, 0.3) is 22.3 Å². The van der Waals surface area contributed by atoms with Crippen molar-refractivity contribution >= 4 is 28.3 Å². The van der Waals surface area contributed by atoms with Crippen LogP contribution in [0.4, 0.5) is 5.69 Å². The Kier molecular flexibility index (Phi) is 2.53. The number of nitrogens with two attached hydrogens (primary N) is 1. The second kappa shape index (κ2) is 4.07. The summed E-state index contributed by atoms with van der Waals surface area (Å²) in [5, 5.41) is 1.71. The van der Waals surface area contributed by atoms with E-state index in [1.165, 1.54) is 0 Å². The van der Waals surface area contributed by atoms with Crippen molar-refractivity contribution in [2.45, 2.75) is 6.92 Å². The van der Waals surface area contributed by atoms with Gasteiger partial charge in [-0.15, -0.1) is 0 Å². The molecule has 2 aromatic carbocycles. The van der Waals surface area contributed by atoms with Crippen LogP contribution in [0, 0.1) is 6.92 Å². The molecule has 18 heavy (non-hydrogen) atoms. The predicted molar refractivity (Wildman–Crippen MR) is 75.8 cm³/mol. The standard InChI is InChI=1S/C15H12ClNO/c1-9-3-2-4-10-7-14(18-15(9)10)12-6-5-11(16)8-13(12)17/h2-8H,17H2,1H3. The number of nitrogen functional groups attached to an aromatic ring is 1. The van der Waals surface area contributed by atoms with Gasteiger partial charge in [-0.3, -0.25) is 0 Å². The molecular formula is C15H12ClNO. The third kappa shape index (κ3) is 1.75. The topological polar surface area (TPSA) is 39.2 Å². The zero-order chi connectivity index (χ0) is 12.7. The molecule has 0 amide bonds. The summed E-state index contributed by atoms with van der Waals surface area (Å²) in [5.74, 6) is 0.772. The smallest absolute Gasteiger partial charge is 0.137 e. The van der Waals surface area contributed by atoms with E-state index >= 15 is 0 Å². The van der Waals surface area contributed by atoms with Crippen molar-refractivity contribution < 1.29 is 4.42 Å². The van der Waals surface area contributed by atoms with Crippen LogP contribution in [0.1, 0.15) is 5.56 Å². The fourth-order valence-corrected chi connectivity index (χ4v) is 2.28. The highest BCUT2D eigenvalue weighted by Crippen LogP contribution is 2.33. The van der Waals surface area contributed by atoms with Gasteiger partial charge in [0.1, 0.15) is 11.3 Å². The second-order valence-corrected chi connectivity index (χ2v) is 4.77. The maximum absolute atomic E-state index is 5.97. The number of furan rings is 1. The van der Waals surface area contributed by atoms with Gasteiger partial charge in [0, 0.05) is 21.7 Å². The summed E-state index contributed by atoms with van der Waals surface area (Å²) >= 11 is 5.90. The highest BCUT2D eigenvalue weighted by atomic mass is 35.5. The number of fused-ring (bicyclic) bond motifs is 1. The first kappa shape index (κ1) is 11.2. The van der Waals surface area contributed by atoms with E-state index < -0.39 is 0 Å². The summed E-state index contributed by atoms with van der Waals surface area (Å²) < 4.78 is 5.88. The number of para-hydroxylation sites is 1. The molecule has 1 aromatic heterocycles. The van der Waals surface area contributed by atoms with Gasteiger partial charge in [0.15, 0.2) is 0 Å². The van der Waals surface area contributed by atoms with Crippen LogP contribution in [0.2, 0.25) is 5.02 Å². The minimum atomic E-state index is 0.624. The van der Waals surface area contributed by atoms with Gasteiger partial charge >= 0.3 is 0 Å². The van der Waals surface area contributed by atoms with Crippen LogP contribution in [-0.2, 0) is 0 Å². The van der Waals surface area contributed by atoms with E-state index in [0.29, 0.717) is 10.7 Å². The minimum absolute atomic E-state index is 0.624. The molecule has 3 rings (SSSR count). The molecule has 0 radical (unpaired) electrons. The van der Waals surface area contributed by atoms with Gasteiger partial charge in [0.05, 0.1) is 0 Å². The molecule has 90 valence electrons. The van der Waals surface area contributed by atoms with Crippen LogP contribution >= 0.6 is 11.6 Å². The maximum Gasteiger partial charge on any atom is 0.137 e. The Morgan fingerprint density at radius 1 is 1.11 bits per heavy atom. The Hall–Kier alpha value is -1.93. The second-order valence-electron chi connectivity index (χ2n) is 4.34. The molecular weight excluding hydrogens is 246 g/mol. The number of aryl methyl sites for hydroxylation is 1. The van der Waals surface area contributed by atoms with Crippen molar-refractivity contribution in [3.8, 4) is 11.3 Å². The third-order valence-corrected chi connectivity index (χ3v) is 3.26. The van der Waals surface area contributed by atoms with Gasteiger partial charge < -0.3 is 10.2 Å². The quantitative estimate of drug-likeness (QED) is 0.645. The van der Waals surface area contributed by atoms with Gasteiger partial charge in [-0.05, 0) is 36.8 Å². The number of anilines is 1.